The summed E-state index contributed by atoms with van der Waals surface area (Å²) < 4.78 is 2.04. The highest BCUT2D eigenvalue weighted by Gasteiger charge is 2.23. The first-order chi connectivity index (χ1) is 12.7. The number of aliphatic imine (C=N–C) groups is 1. The van der Waals surface area contributed by atoms with Crippen molar-refractivity contribution in [3.8, 4) is 0 Å². The summed E-state index contributed by atoms with van der Waals surface area (Å²) in [6.07, 6.45) is 5.13. The predicted molar refractivity (Wildman–Crippen MR) is 108 cm³/mol. The van der Waals surface area contributed by atoms with Crippen LogP contribution in [0.1, 0.15) is 12.1 Å². The third kappa shape index (κ3) is 3.78. The van der Waals surface area contributed by atoms with Crippen molar-refractivity contribution in [3.05, 3.63) is 52.8 Å². The molecule has 0 amide bonds. The summed E-state index contributed by atoms with van der Waals surface area (Å²) in [5, 5.41) is 9.67. The summed E-state index contributed by atoms with van der Waals surface area (Å²) in [4.78, 5) is 12.3. The van der Waals surface area contributed by atoms with Gasteiger partial charge in [-0.1, -0.05) is 17.7 Å². The zero-order valence-electron chi connectivity index (χ0n) is 14.5. The van der Waals surface area contributed by atoms with Crippen LogP contribution in [0.2, 0.25) is 5.02 Å². The van der Waals surface area contributed by atoms with E-state index >= 15 is 0 Å². The van der Waals surface area contributed by atoms with Gasteiger partial charge in [-0.05, 0) is 24.6 Å². The average Bonchev–Trinajstić information content (AvgIpc) is 3.34. The van der Waals surface area contributed by atoms with Gasteiger partial charge in [-0.3, -0.25) is 9.39 Å². The zero-order chi connectivity index (χ0) is 17.9. The largest absolute Gasteiger partial charge is 0.369 e. The van der Waals surface area contributed by atoms with E-state index in [0.29, 0.717) is 12.6 Å². The zero-order valence-corrected chi connectivity index (χ0v) is 16.1. The van der Waals surface area contributed by atoms with E-state index < -0.39 is 0 Å². The Morgan fingerprint density at radius 3 is 3.19 bits per heavy atom. The maximum absolute atomic E-state index is 6.11. The van der Waals surface area contributed by atoms with Crippen molar-refractivity contribution in [2.75, 3.05) is 25.0 Å². The number of nitrogens with one attached hydrogen (secondary N) is 2. The summed E-state index contributed by atoms with van der Waals surface area (Å²) >= 11 is 7.75. The van der Waals surface area contributed by atoms with Crippen molar-refractivity contribution in [1.29, 1.82) is 0 Å². The Kier molecular flexibility index (Phi) is 4.99. The van der Waals surface area contributed by atoms with Crippen LogP contribution in [0, 0.1) is 0 Å². The van der Waals surface area contributed by atoms with Gasteiger partial charge < -0.3 is 15.5 Å². The number of anilines is 1. The highest BCUT2D eigenvalue weighted by Crippen LogP contribution is 2.23. The van der Waals surface area contributed by atoms with Crippen LogP contribution in [0.25, 0.3) is 4.96 Å². The van der Waals surface area contributed by atoms with E-state index in [-0.39, 0.29) is 0 Å². The van der Waals surface area contributed by atoms with Crippen LogP contribution < -0.4 is 15.5 Å². The molecule has 26 heavy (non-hydrogen) atoms. The normalized spacial score (nSPS) is 17.8. The van der Waals surface area contributed by atoms with Crippen molar-refractivity contribution in [3.63, 3.8) is 0 Å². The Balaban J connectivity index is 1.31. The first-order valence-corrected chi connectivity index (χ1v) is 9.86. The fourth-order valence-electron chi connectivity index (χ4n) is 3.21. The topological polar surface area (TPSA) is 57.0 Å². The summed E-state index contributed by atoms with van der Waals surface area (Å²) in [7, 11) is 1.80. The van der Waals surface area contributed by atoms with Crippen molar-refractivity contribution >= 4 is 39.5 Å². The van der Waals surface area contributed by atoms with Gasteiger partial charge in [-0.25, -0.2) is 4.98 Å². The van der Waals surface area contributed by atoms with Gasteiger partial charge in [0.2, 0.25) is 0 Å². The lowest BCUT2D eigenvalue weighted by molar-refractivity contribution is 0.647. The Morgan fingerprint density at radius 1 is 1.46 bits per heavy atom. The first-order valence-electron chi connectivity index (χ1n) is 8.60. The second kappa shape index (κ2) is 7.55. The van der Waals surface area contributed by atoms with E-state index in [4.69, 9.17) is 11.6 Å². The molecule has 1 atom stereocenters. The number of thiazole rings is 1. The molecule has 0 saturated carbocycles. The molecule has 1 unspecified atom stereocenters. The summed E-state index contributed by atoms with van der Waals surface area (Å²) in [5.74, 6) is 0.805. The first kappa shape index (κ1) is 17.2. The number of rotatable bonds is 4. The van der Waals surface area contributed by atoms with Gasteiger partial charge in [0, 0.05) is 54.7 Å². The lowest BCUT2D eigenvalue weighted by atomic mass is 10.2. The molecule has 8 heteroatoms. The van der Waals surface area contributed by atoms with Crippen LogP contribution in [0.15, 0.2) is 47.0 Å². The Bertz CT molecular complexity index is 889. The Morgan fingerprint density at radius 2 is 2.38 bits per heavy atom. The van der Waals surface area contributed by atoms with Crippen LogP contribution in [-0.2, 0) is 6.54 Å². The van der Waals surface area contributed by atoms with Crippen LogP contribution in [-0.4, -0.2) is 41.5 Å². The SMILES string of the molecule is CN=C(NCc1cn2ccsc2n1)NC1CCN(c2cccc(Cl)c2)C1. The second-order valence-electron chi connectivity index (χ2n) is 6.31. The second-order valence-corrected chi connectivity index (χ2v) is 7.62. The summed E-state index contributed by atoms with van der Waals surface area (Å²) in [6, 6.07) is 8.37. The molecule has 0 spiro atoms. The molecule has 3 heterocycles. The number of aromatic nitrogens is 2. The number of nitrogens with zero attached hydrogens (tertiary/aromatic N) is 4. The molecular weight excluding hydrogens is 368 g/mol. The maximum Gasteiger partial charge on any atom is 0.193 e. The molecule has 0 bridgehead atoms. The minimum atomic E-state index is 0.352. The minimum Gasteiger partial charge on any atom is -0.369 e. The van der Waals surface area contributed by atoms with Crippen molar-refractivity contribution < 1.29 is 0 Å². The number of benzene rings is 1. The van der Waals surface area contributed by atoms with E-state index in [2.05, 4.69) is 31.6 Å². The summed E-state index contributed by atoms with van der Waals surface area (Å²) in [6.45, 7) is 2.59. The van der Waals surface area contributed by atoms with E-state index in [1.54, 1.807) is 18.4 Å². The molecule has 0 aliphatic carbocycles. The van der Waals surface area contributed by atoms with Crippen molar-refractivity contribution in [2.45, 2.75) is 19.0 Å². The van der Waals surface area contributed by atoms with Crippen LogP contribution in [0.3, 0.4) is 0 Å². The number of imidazole rings is 1. The van der Waals surface area contributed by atoms with Gasteiger partial charge in [0.05, 0.1) is 12.2 Å². The quantitative estimate of drug-likeness (QED) is 0.533. The van der Waals surface area contributed by atoms with Crippen LogP contribution in [0.4, 0.5) is 5.69 Å². The molecule has 1 aliphatic heterocycles. The van der Waals surface area contributed by atoms with Gasteiger partial charge in [0.15, 0.2) is 10.9 Å². The molecule has 1 aromatic carbocycles. The average molecular weight is 389 g/mol. The predicted octanol–water partition coefficient (Wildman–Crippen LogP) is 2.99. The maximum atomic E-state index is 6.11. The molecule has 2 aromatic heterocycles. The van der Waals surface area contributed by atoms with Gasteiger partial charge in [0.1, 0.15) is 0 Å². The molecule has 6 nitrogen and oxygen atoms in total. The monoisotopic (exact) mass is 388 g/mol. The van der Waals surface area contributed by atoms with Gasteiger partial charge in [-0.2, -0.15) is 0 Å². The third-order valence-corrected chi connectivity index (χ3v) is 5.51. The summed E-state index contributed by atoms with van der Waals surface area (Å²) in [5.41, 5.74) is 2.18. The Labute approximate surface area is 161 Å². The van der Waals surface area contributed by atoms with Gasteiger partial charge in [0.25, 0.3) is 0 Å². The Hall–Kier alpha value is -2.25. The molecule has 136 valence electrons. The molecule has 3 aromatic rings. The van der Waals surface area contributed by atoms with Crippen LogP contribution in [0.5, 0.6) is 0 Å². The highest BCUT2D eigenvalue weighted by molar-refractivity contribution is 7.15. The molecule has 1 fully saturated rings. The fraction of sp³-hybridized carbons (Fsp3) is 0.333. The van der Waals surface area contributed by atoms with Gasteiger partial charge >= 0.3 is 0 Å². The van der Waals surface area contributed by atoms with Gasteiger partial charge in [-0.15, -0.1) is 11.3 Å². The molecule has 2 N–H and O–H groups in total. The number of fused-ring (bicyclic) bond motifs is 1. The van der Waals surface area contributed by atoms with E-state index in [1.165, 1.54) is 5.69 Å². The number of halogens is 1. The molecule has 0 radical (unpaired) electrons. The highest BCUT2D eigenvalue weighted by atomic mass is 35.5. The number of guanidine groups is 1. The molecule has 1 saturated heterocycles. The van der Waals surface area contributed by atoms with Crippen molar-refractivity contribution in [1.82, 2.24) is 20.0 Å². The standard InChI is InChI=1S/C18H21ClN6S/c1-20-17(21-10-15-12-25-7-8-26-18(25)23-15)22-14-5-6-24(11-14)16-4-2-3-13(19)9-16/h2-4,7-9,12,14H,5-6,10-11H2,1H3,(H2,20,21,22). The van der Waals surface area contributed by atoms with E-state index in [9.17, 15) is 0 Å². The van der Waals surface area contributed by atoms with Crippen molar-refractivity contribution in [2.24, 2.45) is 4.99 Å². The molecule has 4 rings (SSSR count). The minimum absolute atomic E-state index is 0.352. The number of hydrogen-bond donors (Lipinski definition) is 2. The number of hydrogen-bond acceptors (Lipinski definition) is 4. The fourth-order valence-corrected chi connectivity index (χ4v) is 4.11. The lowest BCUT2D eigenvalue weighted by Crippen LogP contribution is -2.44. The smallest absolute Gasteiger partial charge is 0.193 e. The third-order valence-electron chi connectivity index (χ3n) is 4.51. The van der Waals surface area contributed by atoms with E-state index in [0.717, 1.165) is 41.1 Å². The lowest BCUT2D eigenvalue weighted by Gasteiger charge is -2.20. The molecule has 1 aliphatic rings. The van der Waals surface area contributed by atoms with E-state index in [1.807, 2.05) is 40.4 Å². The molecular formula is C18H21ClN6S. The van der Waals surface area contributed by atoms with Crippen LogP contribution >= 0.6 is 22.9 Å².